The van der Waals surface area contributed by atoms with E-state index in [1.807, 2.05) is 0 Å². The van der Waals surface area contributed by atoms with Crippen LogP contribution in [-0.2, 0) is 12.0 Å². The van der Waals surface area contributed by atoms with Gasteiger partial charge in [-0.25, -0.2) is 4.39 Å². The van der Waals surface area contributed by atoms with Gasteiger partial charge in [-0.15, -0.1) is 0 Å². The molecule has 0 aromatic heterocycles. The van der Waals surface area contributed by atoms with E-state index < -0.39 is 0 Å². The molecule has 0 bridgehead atoms. The highest BCUT2D eigenvalue weighted by Gasteiger charge is 2.25. The van der Waals surface area contributed by atoms with Crippen LogP contribution in [0.4, 0.5) is 4.39 Å². The van der Waals surface area contributed by atoms with Gasteiger partial charge in [-0.3, -0.25) is 0 Å². The van der Waals surface area contributed by atoms with Crippen molar-refractivity contribution >= 4 is 0 Å². The van der Waals surface area contributed by atoms with Crippen LogP contribution in [0.5, 0.6) is 5.75 Å². The van der Waals surface area contributed by atoms with Crippen molar-refractivity contribution in [2.24, 2.45) is 0 Å². The summed E-state index contributed by atoms with van der Waals surface area (Å²) >= 11 is 0. The van der Waals surface area contributed by atoms with Gasteiger partial charge in [-0.2, -0.15) is 0 Å². The number of hydrogen-bond donors (Lipinski definition) is 0. The number of nitrogens with zero attached hydrogens (tertiary/aromatic N) is 1. The maximum absolute atomic E-state index is 13.7. The highest BCUT2D eigenvalue weighted by Crippen LogP contribution is 2.35. The monoisotopic (exact) mass is 343 g/mol. The number of rotatable bonds is 7. The molecule has 0 atom stereocenters. The van der Waals surface area contributed by atoms with Crippen LogP contribution in [0.2, 0.25) is 0 Å². The van der Waals surface area contributed by atoms with E-state index in [2.05, 4.69) is 57.8 Å². The van der Waals surface area contributed by atoms with Gasteiger partial charge in [0.25, 0.3) is 0 Å². The third-order valence-corrected chi connectivity index (χ3v) is 4.74. The van der Waals surface area contributed by atoms with E-state index in [4.69, 9.17) is 4.74 Å². The Kier molecular flexibility index (Phi) is 6.23. The first-order chi connectivity index (χ1) is 11.7. The van der Waals surface area contributed by atoms with E-state index in [0.29, 0.717) is 0 Å². The molecule has 3 heteroatoms. The lowest BCUT2D eigenvalue weighted by Gasteiger charge is -2.29. The van der Waals surface area contributed by atoms with Crippen LogP contribution in [0.15, 0.2) is 36.4 Å². The Hall–Kier alpha value is -1.87. The third-order valence-electron chi connectivity index (χ3n) is 4.74. The van der Waals surface area contributed by atoms with Crippen LogP contribution in [0, 0.1) is 19.7 Å². The zero-order valence-electron chi connectivity index (χ0n) is 16.3. The minimum atomic E-state index is -0.215. The molecular formula is C22H30FNO. The molecule has 2 rings (SSSR count). The Labute approximate surface area is 151 Å². The molecule has 0 saturated carbocycles. The molecule has 136 valence electrons. The van der Waals surface area contributed by atoms with Crippen LogP contribution in [0.25, 0.3) is 0 Å². The molecular weight excluding hydrogens is 313 g/mol. The standard InChI is InChI=1S/C22H30FNO/c1-16-11-17(2)13-18(12-16)15-24(5)10-9-22(3,4)20-14-19(23)7-8-21(20)25-6/h7-8,11-14H,9-10,15H2,1-6H3. The van der Waals surface area contributed by atoms with E-state index in [1.165, 1.54) is 22.8 Å². The molecule has 0 fully saturated rings. The van der Waals surface area contributed by atoms with E-state index in [1.54, 1.807) is 19.2 Å². The van der Waals surface area contributed by atoms with Gasteiger partial charge in [-0.05, 0) is 63.0 Å². The number of hydrogen-bond acceptors (Lipinski definition) is 2. The molecule has 25 heavy (non-hydrogen) atoms. The lowest BCUT2D eigenvalue weighted by Crippen LogP contribution is -2.27. The summed E-state index contributed by atoms with van der Waals surface area (Å²) in [5.74, 6) is 0.538. The predicted octanol–water partition coefficient (Wildman–Crippen LogP) is 5.25. The summed E-state index contributed by atoms with van der Waals surface area (Å²) in [6.07, 6.45) is 0.925. The normalized spacial score (nSPS) is 11.8. The van der Waals surface area contributed by atoms with E-state index in [9.17, 15) is 4.39 Å². The first-order valence-electron chi connectivity index (χ1n) is 8.81. The summed E-state index contributed by atoms with van der Waals surface area (Å²) < 4.78 is 19.1. The van der Waals surface area contributed by atoms with E-state index in [-0.39, 0.29) is 11.2 Å². The molecule has 0 N–H and O–H groups in total. The zero-order valence-corrected chi connectivity index (χ0v) is 16.3. The molecule has 0 unspecified atom stereocenters. The summed E-state index contributed by atoms with van der Waals surface area (Å²) in [4.78, 5) is 2.32. The molecule has 0 aliphatic carbocycles. The molecule has 0 spiro atoms. The minimum absolute atomic E-state index is 0.162. The van der Waals surface area contributed by atoms with Crippen molar-refractivity contribution in [1.82, 2.24) is 4.90 Å². The van der Waals surface area contributed by atoms with Crippen LogP contribution < -0.4 is 4.74 Å². The van der Waals surface area contributed by atoms with Gasteiger partial charge in [0.05, 0.1) is 7.11 Å². The summed E-state index contributed by atoms with van der Waals surface area (Å²) in [5, 5.41) is 0. The molecule has 0 heterocycles. The highest BCUT2D eigenvalue weighted by atomic mass is 19.1. The molecule has 0 aliphatic rings. The van der Waals surface area contributed by atoms with Crippen molar-refractivity contribution in [3.05, 3.63) is 64.5 Å². The van der Waals surface area contributed by atoms with Crippen LogP contribution in [0.1, 0.15) is 42.5 Å². The quantitative estimate of drug-likeness (QED) is 0.681. The SMILES string of the molecule is COc1ccc(F)cc1C(C)(C)CCN(C)Cc1cc(C)cc(C)c1. The fourth-order valence-electron chi connectivity index (χ4n) is 3.37. The Balaban J connectivity index is 2.05. The second-order valence-electron chi connectivity index (χ2n) is 7.71. The summed E-state index contributed by atoms with van der Waals surface area (Å²) in [6.45, 7) is 10.4. The molecule has 2 aromatic carbocycles. The Bertz CT molecular complexity index is 704. The van der Waals surface area contributed by atoms with Crippen LogP contribution >= 0.6 is 0 Å². The second-order valence-corrected chi connectivity index (χ2v) is 7.71. The number of aryl methyl sites for hydroxylation is 2. The summed E-state index contributed by atoms with van der Waals surface area (Å²) in [6, 6.07) is 11.4. The van der Waals surface area contributed by atoms with Gasteiger partial charge >= 0.3 is 0 Å². The van der Waals surface area contributed by atoms with Gasteiger partial charge in [0.1, 0.15) is 11.6 Å². The molecule has 2 nitrogen and oxygen atoms in total. The van der Waals surface area contributed by atoms with Crippen molar-refractivity contribution < 1.29 is 9.13 Å². The number of halogens is 1. The van der Waals surface area contributed by atoms with Gasteiger partial charge in [0.15, 0.2) is 0 Å². The van der Waals surface area contributed by atoms with Crippen molar-refractivity contribution in [3.63, 3.8) is 0 Å². The first kappa shape index (κ1) is 19.5. The fourth-order valence-corrected chi connectivity index (χ4v) is 3.37. The maximum Gasteiger partial charge on any atom is 0.123 e. The smallest absolute Gasteiger partial charge is 0.123 e. The van der Waals surface area contributed by atoms with Crippen molar-refractivity contribution in [3.8, 4) is 5.75 Å². The van der Waals surface area contributed by atoms with E-state index in [0.717, 1.165) is 30.8 Å². The first-order valence-corrected chi connectivity index (χ1v) is 8.81. The predicted molar refractivity (Wildman–Crippen MR) is 103 cm³/mol. The molecule has 2 aromatic rings. The van der Waals surface area contributed by atoms with E-state index >= 15 is 0 Å². The Morgan fingerprint density at radius 1 is 1.04 bits per heavy atom. The fraction of sp³-hybridized carbons (Fsp3) is 0.455. The lowest BCUT2D eigenvalue weighted by molar-refractivity contribution is 0.283. The highest BCUT2D eigenvalue weighted by molar-refractivity contribution is 5.39. The number of benzene rings is 2. The maximum atomic E-state index is 13.7. The zero-order chi connectivity index (χ0) is 18.6. The largest absolute Gasteiger partial charge is 0.496 e. The molecule has 0 saturated heterocycles. The molecule has 0 aliphatic heterocycles. The number of ether oxygens (including phenoxy) is 1. The Morgan fingerprint density at radius 3 is 2.28 bits per heavy atom. The topological polar surface area (TPSA) is 12.5 Å². The van der Waals surface area contributed by atoms with Gasteiger partial charge in [-0.1, -0.05) is 43.2 Å². The number of methoxy groups -OCH3 is 1. The summed E-state index contributed by atoms with van der Waals surface area (Å²) in [7, 11) is 3.77. The molecule has 0 amide bonds. The average molecular weight is 343 g/mol. The van der Waals surface area contributed by atoms with Crippen molar-refractivity contribution in [2.45, 2.75) is 46.1 Å². The minimum Gasteiger partial charge on any atom is -0.496 e. The second kappa shape index (κ2) is 8.01. The third kappa shape index (κ3) is 5.30. The van der Waals surface area contributed by atoms with Crippen molar-refractivity contribution in [2.75, 3.05) is 20.7 Å². The molecule has 0 radical (unpaired) electrons. The van der Waals surface area contributed by atoms with Gasteiger partial charge < -0.3 is 9.64 Å². The van der Waals surface area contributed by atoms with Gasteiger partial charge in [0.2, 0.25) is 0 Å². The van der Waals surface area contributed by atoms with Gasteiger partial charge in [0, 0.05) is 12.1 Å². The Morgan fingerprint density at radius 2 is 1.68 bits per heavy atom. The summed E-state index contributed by atoms with van der Waals surface area (Å²) in [5.41, 5.74) is 4.70. The van der Waals surface area contributed by atoms with Crippen molar-refractivity contribution in [1.29, 1.82) is 0 Å². The lowest BCUT2D eigenvalue weighted by atomic mass is 9.80. The van der Waals surface area contributed by atoms with Crippen LogP contribution in [-0.4, -0.2) is 25.6 Å². The van der Waals surface area contributed by atoms with Crippen LogP contribution in [0.3, 0.4) is 0 Å². The average Bonchev–Trinajstić information content (AvgIpc) is 2.52.